The molecule has 174 valence electrons. The number of rotatable bonds is 9. The second kappa shape index (κ2) is 10.4. The van der Waals surface area contributed by atoms with Crippen molar-refractivity contribution in [2.24, 2.45) is 0 Å². The number of carbonyl (C=O) groups is 1. The molecule has 3 aromatic carbocycles. The smallest absolute Gasteiger partial charge is 0.264 e. The lowest BCUT2D eigenvalue weighted by molar-refractivity contribution is -0.120. The summed E-state index contributed by atoms with van der Waals surface area (Å²) in [5.74, 6) is 0.287. The zero-order valence-electron chi connectivity index (χ0n) is 19.1. The maximum Gasteiger partial charge on any atom is 0.264 e. The highest BCUT2D eigenvalue weighted by molar-refractivity contribution is 7.92. The van der Waals surface area contributed by atoms with Crippen molar-refractivity contribution in [3.63, 3.8) is 0 Å². The molecule has 0 saturated carbocycles. The molecule has 0 heterocycles. The third kappa shape index (κ3) is 5.64. The summed E-state index contributed by atoms with van der Waals surface area (Å²) in [5, 5.41) is 2.88. The second-order valence-electron chi connectivity index (χ2n) is 7.56. The molecule has 3 aromatic rings. The van der Waals surface area contributed by atoms with Gasteiger partial charge < -0.3 is 14.8 Å². The van der Waals surface area contributed by atoms with Gasteiger partial charge in [0.2, 0.25) is 5.91 Å². The van der Waals surface area contributed by atoms with Crippen molar-refractivity contribution in [2.45, 2.75) is 24.8 Å². The standard InChI is InChI=1S/C25H28N2O5S/c1-18-10-13-22(14-11-18)33(29,30)27(23-16-21(31-3)12-15-24(23)32-4)17-25(28)26-19(2)20-8-6-5-7-9-20/h5-16,19H,17H2,1-4H3,(H,26,28)/t19-/m1/s1. The maximum absolute atomic E-state index is 13.7. The highest BCUT2D eigenvalue weighted by Crippen LogP contribution is 2.35. The van der Waals surface area contributed by atoms with Crippen molar-refractivity contribution in [1.82, 2.24) is 5.32 Å². The fourth-order valence-corrected chi connectivity index (χ4v) is 4.79. The molecule has 0 aliphatic heterocycles. The largest absolute Gasteiger partial charge is 0.497 e. The van der Waals surface area contributed by atoms with Gasteiger partial charge in [0.05, 0.1) is 30.8 Å². The molecule has 8 heteroatoms. The second-order valence-corrected chi connectivity index (χ2v) is 9.42. The van der Waals surface area contributed by atoms with Crippen LogP contribution in [0.4, 0.5) is 5.69 Å². The van der Waals surface area contributed by atoms with Gasteiger partial charge in [-0.05, 0) is 43.7 Å². The van der Waals surface area contributed by atoms with E-state index in [0.717, 1.165) is 15.4 Å². The number of sulfonamides is 1. The Bertz CT molecular complexity index is 1200. The molecule has 1 atom stereocenters. The monoisotopic (exact) mass is 468 g/mol. The van der Waals surface area contributed by atoms with Gasteiger partial charge in [0.1, 0.15) is 18.0 Å². The number of hydrogen-bond donors (Lipinski definition) is 1. The summed E-state index contributed by atoms with van der Waals surface area (Å²) < 4.78 is 39.1. The molecule has 1 amide bonds. The molecule has 0 unspecified atom stereocenters. The molecule has 0 aliphatic rings. The Hall–Kier alpha value is -3.52. The molecule has 0 bridgehead atoms. The number of carbonyl (C=O) groups excluding carboxylic acids is 1. The summed E-state index contributed by atoms with van der Waals surface area (Å²) >= 11 is 0. The van der Waals surface area contributed by atoms with Crippen LogP contribution in [0.15, 0.2) is 77.7 Å². The quantitative estimate of drug-likeness (QED) is 0.511. The predicted octanol–water partition coefficient (Wildman–Crippen LogP) is 4.08. The Labute approximate surface area is 195 Å². The molecule has 3 rings (SSSR count). The number of hydrogen-bond acceptors (Lipinski definition) is 5. The van der Waals surface area contributed by atoms with E-state index in [4.69, 9.17) is 9.47 Å². The van der Waals surface area contributed by atoms with Crippen LogP contribution in [0.1, 0.15) is 24.1 Å². The lowest BCUT2D eigenvalue weighted by atomic mass is 10.1. The van der Waals surface area contributed by atoms with Crippen LogP contribution in [-0.4, -0.2) is 35.1 Å². The summed E-state index contributed by atoms with van der Waals surface area (Å²) in [6, 6.07) is 20.4. The fraction of sp³-hybridized carbons (Fsp3) is 0.240. The number of methoxy groups -OCH3 is 2. The molecule has 0 saturated heterocycles. The first-order valence-corrected chi connectivity index (χ1v) is 11.9. The van der Waals surface area contributed by atoms with Crippen molar-refractivity contribution in [3.05, 3.63) is 83.9 Å². The van der Waals surface area contributed by atoms with Crippen LogP contribution in [-0.2, 0) is 14.8 Å². The summed E-state index contributed by atoms with van der Waals surface area (Å²) in [5.41, 5.74) is 2.05. The topological polar surface area (TPSA) is 84.9 Å². The number of amides is 1. The van der Waals surface area contributed by atoms with Crippen LogP contribution in [0, 0.1) is 6.92 Å². The van der Waals surface area contributed by atoms with Gasteiger partial charge in [0.15, 0.2) is 0 Å². The van der Waals surface area contributed by atoms with Crippen molar-refractivity contribution in [3.8, 4) is 11.5 Å². The Balaban J connectivity index is 2.00. The molecular weight excluding hydrogens is 440 g/mol. The molecule has 0 aliphatic carbocycles. The van der Waals surface area contributed by atoms with E-state index < -0.39 is 22.5 Å². The predicted molar refractivity (Wildman–Crippen MR) is 128 cm³/mol. The van der Waals surface area contributed by atoms with Gasteiger partial charge in [-0.2, -0.15) is 0 Å². The highest BCUT2D eigenvalue weighted by Gasteiger charge is 2.30. The number of anilines is 1. The average Bonchev–Trinajstić information content (AvgIpc) is 2.82. The van der Waals surface area contributed by atoms with E-state index >= 15 is 0 Å². The van der Waals surface area contributed by atoms with Gasteiger partial charge in [-0.3, -0.25) is 9.10 Å². The number of ether oxygens (including phenoxy) is 2. The minimum absolute atomic E-state index is 0.0712. The Morgan fingerprint density at radius 3 is 2.24 bits per heavy atom. The van der Waals surface area contributed by atoms with Crippen molar-refractivity contribution in [1.29, 1.82) is 0 Å². The normalized spacial score (nSPS) is 12.0. The van der Waals surface area contributed by atoms with E-state index in [2.05, 4.69) is 5.32 Å². The third-order valence-electron chi connectivity index (χ3n) is 5.23. The first-order chi connectivity index (χ1) is 15.8. The van der Waals surface area contributed by atoms with Gasteiger partial charge in [0.25, 0.3) is 10.0 Å². The van der Waals surface area contributed by atoms with E-state index in [9.17, 15) is 13.2 Å². The van der Waals surface area contributed by atoms with Crippen LogP contribution in [0.2, 0.25) is 0 Å². The van der Waals surface area contributed by atoms with Gasteiger partial charge in [0, 0.05) is 6.07 Å². The van der Waals surface area contributed by atoms with E-state index in [-0.39, 0.29) is 16.6 Å². The van der Waals surface area contributed by atoms with Gasteiger partial charge in [-0.1, -0.05) is 48.0 Å². The van der Waals surface area contributed by atoms with Crippen LogP contribution in [0.25, 0.3) is 0 Å². The van der Waals surface area contributed by atoms with Crippen molar-refractivity contribution < 1.29 is 22.7 Å². The minimum Gasteiger partial charge on any atom is -0.497 e. The Morgan fingerprint density at radius 2 is 1.64 bits per heavy atom. The lowest BCUT2D eigenvalue weighted by Gasteiger charge is -2.27. The van der Waals surface area contributed by atoms with Crippen molar-refractivity contribution in [2.75, 3.05) is 25.1 Å². The first-order valence-electron chi connectivity index (χ1n) is 10.4. The van der Waals surface area contributed by atoms with E-state index in [1.165, 1.54) is 26.4 Å². The van der Waals surface area contributed by atoms with Crippen LogP contribution in [0.5, 0.6) is 11.5 Å². The number of nitrogens with one attached hydrogen (secondary N) is 1. The summed E-state index contributed by atoms with van der Waals surface area (Å²) in [6.07, 6.45) is 0. The lowest BCUT2D eigenvalue weighted by Crippen LogP contribution is -2.41. The summed E-state index contributed by atoms with van der Waals surface area (Å²) in [4.78, 5) is 13.1. The molecule has 0 radical (unpaired) electrons. The average molecular weight is 469 g/mol. The third-order valence-corrected chi connectivity index (χ3v) is 7.00. The molecule has 0 aromatic heterocycles. The number of benzene rings is 3. The zero-order chi connectivity index (χ0) is 24.0. The summed E-state index contributed by atoms with van der Waals surface area (Å²) in [7, 11) is -1.16. The summed E-state index contributed by atoms with van der Waals surface area (Å²) in [6.45, 7) is 3.28. The van der Waals surface area contributed by atoms with Crippen LogP contribution in [0.3, 0.4) is 0 Å². The molecule has 33 heavy (non-hydrogen) atoms. The van der Waals surface area contributed by atoms with Crippen molar-refractivity contribution >= 4 is 21.6 Å². The molecule has 7 nitrogen and oxygen atoms in total. The SMILES string of the molecule is COc1ccc(OC)c(N(CC(=O)N[C@H](C)c2ccccc2)S(=O)(=O)c2ccc(C)cc2)c1. The van der Waals surface area contributed by atoms with Gasteiger partial charge >= 0.3 is 0 Å². The highest BCUT2D eigenvalue weighted by atomic mass is 32.2. The fourth-order valence-electron chi connectivity index (χ4n) is 3.37. The zero-order valence-corrected chi connectivity index (χ0v) is 19.9. The maximum atomic E-state index is 13.7. The van der Waals surface area contributed by atoms with Crippen LogP contribution >= 0.6 is 0 Å². The van der Waals surface area contributed by atoms with E-state index in [1.54, 1.807) is 30.3 Å². The number of nitrogens with zero attached hydrogens (tertiary/aromatic N) is 1. The number of aryl methyl sites for hydroxylation is 1. The molecule has 1 N–H and O–H groups in total. The minimum atomic E-state index is -4.09. The molecule has 0 spiro atoms. The Kier molecular flexibility index (Phi) is 7.60. The van der Waals surface area contributed by atoms with E-state index in [0.29, 0.717) is 11.5 Å². The van der Waals surface area contributed by atoms with Crippen LogP contribution < -0.4 is 19.1 Å². The first kappa shape index (κ1) is 24.1. The molecular formula is C25H28N2O5S. The van der Waals surface area contributed by atoms with E-state index in [1.807, 2.05) is 44.2 Å². The molecule has 0 fully saturated rings. The van der Waals surface area contributed by atoms with Gasteiger partial charge in [-0.25, -0.2) is 8.42 Å². The Morgan fingerprint density at radius 1 is 0.970 bits per heavy atom. The van der Waals surface area contributed by atoms with Gasteiger partial charge in [-0.15, -0.1) is 0 Å².